The zero-order valence-corrected chi connectivity index (χ0v) is 21.5. The molecule has 0 spiro atoms. The zero-order valence-electron chi connectivity index (χ0n) is 21.5. The molecule has 38 heavy (non-hydrogen) atoms. The number of carbonyl (C=O) groups excluding carboxylic acids is 2. The smallest absolute Gasteiger partial charge is 0.255 e. The second kappa shape index (κ2) is 11.7. The van der Waals surface area contributed by atoms with Crippen molar-refractivity contribution in [2.75, 3.05) is 24.3 Å². The lowest BCUT2D eigenvalue weighted by Gasteiger charge is -2.31. The number of nitrogens with one attached hydrogen (secondary N) is 1. The highest BCUT2D eigenvalue weighted by molar-refractivity contribution is 6.04. The minimum Gasteiger partial charge on any atom is -0.377 e. The van der Waals surface area contributed by atoms with Gasteiger partial charge >= 0.3 is 0 Å². The third-order valence-corrected chi connectivity index (χ3v) is 6.33. The van der Waals surface area contributed by atoms with Crippen molar-refractivity contribution in [1.82, 2.24) is 4.90 Å². The molecule has 4 aromatic carbocycles. The summed E-state index contributed by atoms with van der Waals surface area (Å²) < 4.78 is 27.6. The highest BCUT2D eigenvalue weighted by atomic mass is 19.1. The van der Waals surface area contributed by atoms with Crippen LogP contribution in [-0.2, 0) is 6.54 Å². The van der Waals surface area contributed by atoms with Gasteiger partial charge in [0.1, 0.15) is 11.6 Å². The van der Waals surface area contributed by atoms with Crippen LogP contribution < -0.4 is 10.2 Å². The summed E-state index contributed by atoms with van der Waals surface area (Å²) in [7, 11) is 3.78. The van der Waals surface area contributed by atoms with E-state index in [0.29, 0.717) is 5.69 Å². The summed E-state index contributed by atoms with van der Waals surface area (Å²) in [5.74, 6) is -1.75. The molecule has 0 aliphatic rings. The topological polar surface area (TPSA) is 52.7 Å². The Balaban J connectivity index is 1.71. The molecule has 1 unspecified atom stereocenters. The van der Waals surface area contributed by atoms with Gasteiger partial charge in [0, 0.05) is 43.1 Å². The van der Waals surface area contributed by atoms with Gasteiger partial charge in [-0.1, -0.05) is 42.5 Å². The molecular formula is C31H29F2N3O2. The van der Waals surface area contributed by atoms with Crippen molar-refractivity contribution in [3.05, 3.63) is 131 Å². The molecule has 7 heteroatoms. The first-order valence-electron chi connectivity index (χ1n) is 12.2. The third kappa shape index (κ3) is 6.24. The van der Waals surface area contributed by atoms with E-state index in [9.17, 15) is 18.4 Å². The van der Waals surface area contributed by atoms with Gasteiger partial charge in [-0.2, -0.15) is 0 Å². The molecule has 0 radical (unpaired) electrons. The molecular weight excluding hydrogens is 484 g/mol. The van der Waals surface area contributed by atoms with Crippen molar-refractivity contribution in [1.29, 1.82) is 0 Å². The summed E-state index contributed by atoms with van der Waals surface area (Å²) in [6.45, 7) is 2.13. The van der Waals surface area contributed by atoms with Crippen LogP contribution in [-0.4, -0.2) is 30.8 Å². The molecule has 4 rings (SSSR count). The third-order valence-electron chi connectivity index (χ3n) is 6.33. The van der Waals surface area contributed by atoms with E-state index in [4.69, 9.17) is 0 Å². The second-order valence-electron chi connectivity index (χ2n) is 9.23. The first kappa shape index (κ1) is 26.5. The zero-order chi connectivity index (χ0) is 27.2. The Morgan fingerprint density at radius 1 is 0.789 bits per heavy atom. The average molecular weight is 514 g/mol. The number of anilines is 2. The molecule has 0 aromatic heterocycles. The lowest BCUT2D eigenvalue weighted by atomic mass is 10.0. The molecule has 4 aromatic rings. The molecule has 1 N–H and O–H groups in total. The van der Waals surface area contributed by atoms with Gasteiger partial charge in [-0.15, -0.1) is 0 Å². The number of hydrogen-bond donors (Lipinski definition) is 1. The van der Waals surface area contributed by atoms with Crippen LogP contribution in [0.3, 0.4) is 0 Å². The molecule has 0 saturated carbocycles. The van der Waals surface area contributed by atoms with Crippen LogP contribution in [0.25, 0.3) is 0 Å². The highest BCUT2D eigenvalue weighted by Gasteiger charge is 2.25. The Kier molecular flexibility index (Phi) is 8.16. The number of amides is 2. The van der Waals surface area contributed by atoms with Crippen molar-refractivity contribution in [2.45, 2.75) is 19.5 Å². The van der Waals surface area contributed by atoms with E-state index < -0.39 is 17.5 Å². The largest absolute Gasteiger partial charge is 0.377 e. The van der Waals surface area contributed by atoms with Gasteiger partial charge in [0.05, 0.1) is 6.04 Å². The van der Waals surface area contributed by atoms with E-state index in [1.165, 1.54) is 42.5 Å². The molecule has 0 bridgehead atoms. The van der Waals surface area contributed by atoms with E-state index in [1.54, 1.807) is 23.1 Å². The minimum atomic E-state index is -0.498. The molecule has 0 saturated heterocycles. The van der Waals surface area contributed by atoms with Gasteiger partial charge in [-0.3, -0.25) is 9.59 Å². The summed E-state index contributed by atoms with van der Waals surface area (Å²) in [6, 6.07) is 25.8. The van der Waals surface area contributed by atoms with Crippen LogP contribution in [0.5, 0.6) is 0 Å². The Hall–Kier alpha value is -4.52. The Morgan fingerprint density at radius 2 is 1.42 bits per heavy atom. The summed E-state index contributed by atoms with van der Waals surface area (Å²) in [6.07, 6.45) is 0. The molecule has 0 aliphatic carbocycles. The van der Waals surface area contributed by atoms with Gasteiger partial charge in [0.2, 0.25) is 0 Å². The number of nitrogens with zero attached hydrogens (tertiary/aromatic N) is 2. The second-order valence-corrected chi connectivity index (χ2v) is 9.23. The van der Waals surface area contributed by atoms with Crippen molar-refractivity contribution >= 4 is 23.2 Å². The average Bonchev–Trinajstić information content (AvgIpc) is 2.91. The molecule has 0 heterocycles. The van der Waals surface area contributed by atoms with Crippen LogP contribution in [0.1, 0.15) is 44.8 Å². The van der Waals surface area contributed by atoms with Crippen molar-refractivity contribution in [3.8, 4) is 0 Å². The monoisotopic (exact) mass is 513 g/mol. The number of rotatable bonds is 8. The lowest BCUT2D eigenvalue weighted by molar-refractivity contribution is 0.0673. The highest BCUT2D eigenvalue weighted by Crippen LogP contribution is 2.30. The summed E-state index contributed by atoms with van der Waals surface area (Å²) in [5.41, 5.74) is 3.51. The molecule has 5 nitrogen and oxygen atoms in total. The molecule has 0 fully saturated rings. The fraction of sp³-hybridized carbons (Fsp3) is 0.161. The number of halogens is 2. The van der Waals surface area contributed by atoms with Gasteiger partial charge in [-0.05, 0) is 72.6 Å². The number of carbonyl (C=O) groups is 2. The first-order chi connectivity index (χ1) is 18.2. The maximum atomic E-state index is 14.0. The molecule has 194 valence electrons. The standard InChI is InChI=1S/C31H29F2N3O2/c1-21(22-9-5-4-6-10-22)36(31(38)24-12-8-14-27(33)18-24)20-25-19-28(15-16-29(25)35(2)3)34-30(37)23-11-7-13-26(32)17-23/h4-19,21H,20H2,1-3H3,(H,34,37). The van der Waals surface area contributed by atoms with Crippen LogP contribution in [0.4, 0.5) is 20.2 Å². The van der Waals surface area contributed by atoms with Crippen LogP contribution >= 0.6 is 0 Å². The first-order valence-corrected chi connectivity index (χ1v) is 12.2. The van der Waals surface area contributed by atoms with E-state index in [-0.39, 0.29) is 29.6 Å². The summed E-state index contributed by atoms with van der Waals surface area (Å²) in [5, 5.41) is 2.82. The quantitative estimate of drug-likeness (QED) is 0.286. The fourth-order valence-corrected chi connectivity index (χ4v) is 4.33. The van der Waals surface area contributed by atoms with E-state index in [0.717, 1.165) is 16.8 Å². The predicted octanol–water partition coefficient (Wildman–Crippen LogP) is 6.69. The number of hydrogen-bond acceptors (Lipinski definition) is 3. The van der Waals surface area contributed by atoms with Gasteiger partial charge in [0.15, 0.2) is 0 Å². The van der Waals surface area contributed by atoms with Gasteiger partial charge in [0.25, 0.3) is 11.8 Å². The summed E-state index contributed by atoms with van der Waals surface area (Å²) in [4.78, 5) is 30.1. The van der Waals surface area contributed by atoms with Gasteiger partial charge in [-0.25, -0.2) is 8.78 Å². The summed E-state index contributed by atoms with van der Waals surface area (Å²) >= 11 is 0. The SMILES string of the molecule is CC(c1ccccc1)N(Cc1cc(NC(=O)c2cccc(F)c2)ccc1N(C)C)C(=O)c1cccc(F)c1. The normalized spacial score (nSPS) is 11.5. The van der Waals surface area contributed by atoms with Crippen molar-refractivity contribution in [2.24, 2.45) is 0 Å². The van der Waals surface area contributed by atoms with Crippen LogP contribution in [0.2, 0.25) is 0 Å². The lowest BCUT2D eigenvalue weighted by Crippen LogP contribution is -2.34. The Labute approximate surface area is 221 Å². The fourth-order valence-electron chi connectivity index (χ4n) is 4.33. The van der Waals surface area contributed by atoms with Crippen molar-refractivity contribution in [3.63, 3.8) is 0 Å². The molecule has 0 aliphatic heterocycles. The van der Waals surface area contributed by atoms with Gasteiger partial charge < -0.3 is 15.1 Å². The van der Waals surface area contributed by atoms with E-state index in [1.807, 2.05) is 62.3 Å². The van der Waals surface area contributed by atoms with Crippen LogP contribution in [0.15, 0.2) is 97.1 Å². The van der Waals surface area contributed by atoms with Crippen LogP contribution in [0, 0.1) is 11.6 Å². The van der Waals surface area contributed by atoms with Crippen molar-refractivity contribution < 1.29 is 18.4 Å². The Morgan fingerprint density at radius 3 is 2.05 bits per heavy atom. The van der Waals surface area contributed by atoms with E-state index >= 15 is 0 Å². The molecule has 2 amide bonds. The predicted molar refractivity (Wildman–Crippen MR) is 146 cm³/mol. The molecule has 1 atom stereocenters. The maximum Gasteiger partial charge on any atom is 0.255 e. The minimum absolute atomic E-state index is 0.197. The number of benzene rings is 4. The van der Waals surface area contributed by atoms with E-state index in [2.05, 4.69) is 5.32 Å². The Bertz CT molecular complexity index is 1440. The maximum absolute atomic E-state index is 14.0.